The second-order valence-corrected chi connectivity index (χ2v) is 6.13. The maximum absolute atomic E-state index is 13.4. The Morgan fingerprint density at radius 2 is 1.96 bits per heavy atom. The summed E-state index contributed by atoms with van der Waals surface area (Å²) >= 11 is 0. The number of rotatable bonds is 5. The number of aromatic amines is 1. The average molecular weight is 397 g/mol. The molecule has 0 spiro atoms. The molecule has 3 aromatic rings. The van der Waals surface area contributed by atoms with Gasteiger partial charge in [-0.3, -0.25) is 9.78 Å². The van der Waals surface area contributed by atoms with Crippen molar-refractivity contribution < 1.29 is 22.4 Å². The molecule has 0 saturated carbocycles. The Morgan fingerprint density at radius 3 is 2.57 bits per heavy atom. The third-order valence-corrected chi connectivity index (χ3v) is 3.39. The van der Waals surface area contributed by atoms with Gasteiger partial charge in [0.05, 0.1) is 11.9 Å². The Labute approximate surface area is 158 Å². The summed E-state index contributed by atoms with van der Waals surface area (Å²) in [5.41, 5.74) is 3.43. The third-order valence-electron chi connectivity index (χ3n) is 3.39. The Bertz CT molecular complexity index is 924. The van der Waals surface area contributed by atoms with Crippen LogP contribution in [0.3, 0.4) is 0 Å². The quantitative estimate of drug-likeness (QED) is 0.451. The van der Waals surface area contributed by atoms with Gasteiger partial charge in [0.1, 0.15) is 18.0 Å². The zero-order chi connectivity index (χ0) is 20.7. The van der Waals surface area contributed by atoms with Crippen LogP contribution in [0.25, 0.3) is 22.2 Å². The fourth-order valence-corrected chi connectivity index (χ4v) is 2.37. The standard InChI is InChI=1S/C15H15FN4.C3H4F3NO/c1-9(2)20-12-3-10(5-17-7-12)14-8-19-15-13(14)4-11(16)6-18-15;4-3(5,6)1-7-2-8/h3-9,20H,1-2H3,(H,18,19);2H,1H2,(H,7,8). The number of amides is 1. The van der Waals surface area contributed by atoms with Crippen molar-refractivity contribution in [3.63, 3.8) is 0 Å². The first-order valence-corrected chi connectivity index (χ1v) is 8.28. The van der Waals surface area contributed by atoms with Crippen LogP contribution in [-0.2, 0) is 4.79 Å². The van der Waals surface area contributed by atoms with Gasteiger partial charge in [0, 0.05) is 41.1 Å². The van der Waals surface area contributed by atoms with Gasteiger partial charge in [-0.15, -0.1) is 0 Å². The molecule has 0 aromatic carbocycles. The van der Waals surface area contributed by atoms with Crippen molar-refractivity contribution in [2.45, 2.75) is 26.1 Å². The minimum absolute atomic E-state index is 0.00743. The lowest BCUT2D eigenvalue weighted by Gasteiger charge is -2.10. The lowest BCUT2D eigenvalue weighted by Crippen LogP contribution is -2.27. The van der Waals surface area contributed by atoms with Gasteiger partial charge < -0.3 is 15.6 Å². The van der Waals surface area contributed by atoms with Gasteiger partial charge in [0.15, 0.2) is 0 Å². The van der Waals surface area contributed by atoms with Crippen molar-refractivity contribution in [1.29, 1.82) is 0 Å². The summed E-state index contributed by atoms with van der Waals surface area (Å²) in [4.78, 5) is 20.6. The number of nitrogens with one attached hydrogen (secondary N) is 3. The lowest BCUT2D eigenvalue weighted by molar-refractivity contribution is -0.132. The molecule has 10 heteroatoms. The molecule has 3 heterocycles. The van der Waals surface area contributed by atoms with Crippen molar-refractivity contribution >= 4 is 23.1 Å². The fraction of sp³-hybridized carbons (Fsp3) is 0.278. The van der Waals surface area contributed by atoms with E-state index in [1.54, 1.807) is 12.4 Å². The van der Waals surface area contributed by atoms with E-state index in [9.17, 15) is 22.4 Å². The Morgan fingerprint density at radius 1 is 1.21 bits per heavy atom. The summed E-state index contributed by atoms with van der Waals surface area (Å²) < 4.78 is 46.4. The molecular formula is C18H19F4N5O. The van der Waals surface area contributed by atoms with Crippen molar-refractivity contribution in [2.24, 2.45) is 0 Å². The van der Waals surface area contributed by atoms with Crippen LogP contribution >= 0.6 is 0 Å². The van der Waals surface area contributed by atoms with Crippen LogP contribution < -0.4 is 10.6 Å². The number of hydrogen-bond donors (Lipinski definition) is 3. The van der Waals surface area contributed by atoms with Crippen molar-refractivity contribution in [1.82, 2.24) is 20.3 Å². The fourth-order valence-electron chi connectivity index (χ4n) is 2.37. The van der Waals surface area contributed by atoms with E-state index in [2.05, 4.69) is 34.1 Å². The molecule has 0 fully saturated rings. The molecule has 3 N–H and O–H groups in total. The number of aromatic nitrogens is 3. The van der Waals surface area contributed by atoms with Gasteiger partial charge >= 0.3 is 6.18 Å². The molecule has 0 unspecified atom stereocenters. The van der Waals surface area contributed by atoms with E-state index in [4.69, 9.17) is 0 Å². The molecule has 0 aliphatic rings. The molecule has 3 aromatic heterocycles. The maximum Gasteiger partial charge on any atom is 0.405 e. The SMILES string of the molecule is CC(C)Nc1cncc(-c2c[nH]c3ncc(F)cc23)c1.O=CNCC(F)(F)F. The molecule has 0 atom stereocenters. The highest BCUT2D eigenvalue weighted by Gasteiger charge is 2.25. The molecule has 28 heavy (non-hydrogen) atoms. The summed E-state index contributed by atoms with van der Waals surface area (Å²) in [6.07, 6.45) is 2.29. The highest BCUT2D eigenvalue weighted by molar-refractivity contribution is 5.93. The van der Waals surface area contributed by atoms with E-state index >= 15 is 0 Å². The predicted molar refractivity (Wildman–Crippen MR) is 98.2 cm³/mol. The smallest absolute Gasteiger partial charge is 0.382 e. The minimum atomic E-state index is -4.29. The number of fused-ring (bicyclic) bond motifs is 1. The Balaban J connectivity index is 0.000000300. The minimum Gasteiger partial charge on any atom is -0.382 e. The number of alkyl halides is 3. The van der Waals surface area contributed by atoms with Gasteiger partial charge in [-0.05, 0) is 26.0 Å². The number of pyridine rings is 2. The van der Waals surface area contributed by atoms with E-state index < -0.39 is 12.7 Å². The first-order chi connectivity index (χ1) is 13.2. The van der Waals surface area contributed by atoms with E-state index in [0.29, 0.717) is 11.7 Å². The molecule has 3 rings (SSSR count). The summed E-state index contributed by atoms with van der Waals surface area (Å²) in [7, 11) is 0. The topological polar surface area (TPSA) is 82.7 Å². The summed E-state index contributed by atoms with van der Waals surface area (Å²) in [6, 6.07) is 3.81. The molecule has 6 nitrogen and oxygen atoms in total. The van der Waals surface area contributed by atoms with Crippen LogP contribution in [-0.4, -0.2) is 40.1 Å². The van der Waals surface area contributed by atoms with Crippen molar-refractivity contribution in [3.8, 4) is 11.1 Å². The van der Waals surface area contributed by atoms with Crippen LogP contribution in [0.2, 0.25) is 0 Å². The van der Waals surface area contributed by atoms with Gasteiger partial charge in [-0.1, -0.05) is 0 Å². The van der Waals surface area contributed by atoms with Crippen LogP contribution in [0, 0.1) is 5.82 Å². The van der Waals surface area contributed by atoms with Crippen LogP contribution in [0.4, 0.5) is 23.2 Å². The predicted octanol–water partition coefficient (Wildman–Crippen LogP) is 3.88. The highest BCUT2D eigenvalue weighted by atomic mass is 19.4. The van der Waals surface area contributed by atoms with Gasteiger partial charge in [0.2, 0.25) is 6.41 Å². The van der Waals surface area contributed by atoms with Gasteiger partial charge in [0.25, 0.3) is 0 Å². The molecule has 1 amide bonds. The number of halogens is 4. The van der Waals surface area contributed by atoms with Gasteiger partial charge in [-0.2, -0.15) is 13.2 Å². The van der Waals surface area contributed by atoms with Crippen LogP contribution in [0.15, 0.2) is 36.9 Å². The zero-order valence-electron chi connectivity index (χ0n) is 15.1. The number of nitrogens with zero attached hydrogens (tertiary/aromatic N) is 2. The maximum atomic E-state index is 13.4. The summed E-state index contributed by atoms with van der Waals surface area (Å²) in [6.45, 7) is 2.88. The monoisotopic (exact) mass is 397 g/mol. The zero-order valence-corrected chi connectivity index (χ0v) is 15.1. The first-order valence-electron chi connectivity index (χ1n) is 8.28. The highest BCUT2D eigenvalue weighted by Crippen LogP contribution is 2.29. The van der Waals surface area contributed by atoms with Crippen molar-refractivity contribution in [3.05, 3.63) is 42.7 Å². The number of carbonyl (C=O) groups excluding carboxylic acids is 1. The molecule has 0 radical (unpaired) electrons. The van der Waals surface area contributed by atoms with Crippen LogP contribution in [0.5, 0.6) is 0 Å². The second kappa shape index (κ2) is 9.16. The lowest BCUT2D eigenvalue weighted by atomic mass is 10.1. The second-order valence-electron chi connectivity index (χ2n) is 6.13. The van der Waals surface area contributed by atoms with Crippen molar-refractivity contribution in [2.75, 3.05) is 11.9 Å². The molecule has 0 aliphatic heterocycles. The number of carbonyl (C=O) groups is 1. The average Bonchev–Trinajstić information content (AvgIpc) is 3.02. The Hall–Kier alpha value is -3.17. The normalized spacial score (nSPS) is 11.1. The number of H-pyrrole nitrogens is 1. The first kappa shape index (κ1) is 21.1. The Kier molecular flexibility index (Phi) is 6.91. The largest absolute Gasteiger partial charge is 0.405 e. The molecule has 0 aliphatic carbocycles. The van der Waals surface area contributed by atoms with E-state index in [1.807, 2.05) is 12.3 Å². The third kappa shape index (κ3) is 6.22. The van der Waals surface area contributed by atoms with E-state index in [-0.39, 0.29) is 12.2 Å². The van der Waals surface area contributed by atoms with Crippen LogP contribution in [0.1, 0.15) is 13.8 Å². The van der Waals surface area contributed by atoms with Gasteiger partial charge in [-0.25, -0.2) is 9.37 Å². The molecule has 0 saturated heterocycles. The molecule has 0 bridgehead atoms. The number of hydrogen-bond acceptors (Lipinski definition) is 4. The summed E-state index contributed by atoms with van der Waals surface area (Å²) in [5.74, 6) is -0.345. The van der Waals surface area contributed by atoms with E-state index in [1.165, 1.54) is 17.6 Å². The van der Waals surface area contributed by atoms with E-state index in [0.717, 1.165) is 22.2 Å². The molecule has 150 valence electrons. The summed E-state index contributed by atoms with van der Waals surface area (Å²) in [5, 5.41) is 5.54. The number of anilines is 1. The molecular weight excluding hydrogens is 378 g/mol.